The molecule has 116 valence electrons. The molecule has 2 heterocycles. The predicted molar refractivity (Wildman–Crippen MR) is 83.9 cm³/mol. The second kappa shape index (κ2) is 6.74. The van der Waals surface area contributed by atoms with E-state index in [0.717, 1.165) is 16.3 Å². The van der Waals surface area contributed by atoms with Crippen molar-refractivity contribution in [3.63, 3.8) is 0 Å². The van der Waals surface area contributed by atoms with E-state index in [-0.39, 0.29) is 11.1 Å². The highest BCUT2D eigenvalue weighted by Crippen LogP contribution is 2.24. The Hall–Kier alpha value is -1.15. The minimum Gasteiger partial charge on any atom is -0.447 e. The monoisotopic (exact) mass is 328 g/mol. The van der Waals surface area contributed by atoms with E-state index >= 15 is 0 Å². The SMILES string of the molecule is CCNCc1ccc(S(=O)(=O)NC(C)c2ccc(C)s2)o1. The predicted octanol–water partition coefficient (Wildman–Crippen LogP) is 2.80. The van der Waals surface area contributed by atoms with E-state index in [0.29, 0.717) is 12.3 Å². The van der Waals surface area contributed by atoms with Crippen LogP contribution in [0.5, 0.6) is 0 Å². The molecule has 7 heteroatoms. The van der Waals surface area contributed by atoms with Crippen LogP contribution in [0.4, 0.5) is 0 Å². The standard InChI is InChI=1S/C14H20N2O3S2/c1-4-15-9-12-6-8-14(19-12)21(17,18)16-11(3)13-7-5-10(2)20-13/h5-8,11,15-16H,4,9H2,1-3H3. The topological polar surface area (TPSA) is 71.3 Å². The van der Waals surface area contributed by atoms with Crippen LogP contribution in [0.1, 0.15) is 35.4 Å². The van der Waals surface area contributed by atoms with Crippen LogP contribution < -0.4 is 10.0 Å². The van der Waals surface area contributed by atoms with E-state index in [1.54, 1.807) is 17.4 Å². The van der Waals surface area contributed by atoms with E-state index in [9.17, 15) is 8.42 Å². The number of nitrogens with one attached hydrogen (secondary N) is 2. The summed E-state index contributed by atoms with van der Waals surface area (Å²) in [5.41, 5.74) is 0. The molecule has 1 unspecified atom stereocenters. The molecule has 0 fully saturated rings. The zero-order valence-electron chi connectivity index (χ0n) is 12.3. The first kappa shape index (κ1) is 16.2. The van der Waals surface area contributed by atoms with E-state index in [4.69, 9.17) is 4.42 Å². The van der Waals surface area contributed by atoms with Crippen molar-refractivity contribution < 1.29 is 12.8 Å². The van der Waals surface area contributed by atoms with Gasteiger partial charge in [-0.3, -0.25) is 0 Å². The molecular weight excluding hydrogens is 308 g/mol. The van der Waals surface area contributed by atoms with Crippen LogP contribution in [0, 0.1) is 6.92 Å². The molecule has 21 heavy (non-hydrogen) atoms. The summed E-state index contributed by atoms with van der Waals surface area (Å²) < 4.78 is 32.6. The van der Waals surface area contributed by atoms with Gasteiger partial charge in [0.15, 0.2) is 0 Å². The Labute approximate surface area is 129 Å². The average molecular weight is 328 g/mol. The van der Waals surface area contributed by atoms with Crippen LogP contribution in [0.2, 0.25) is 0 Å². The first-order valence-corrected chi connectivity index (χ1v) is 9.10. The molecule has 0 saturated carbocycles. The van der Waals surface area contributed by atoms with Crippen molar-refractivity contribution in [2.75, 3.05) is 6.54 Å². The number of hydrogen-bond donors (Lipinski definition) is 2. The quantitative estimate of drug-likeness (QED) is 0.820. The summed E-state index contributed by atoms with van der Waals surface area (Å²) in [6, 6.07) is 6.80. The van der Waals surface area contributed by atoms with Crippen LogP contribution in [-0.4, -0.2) is 15.0 Å². The van der Waals surface area contributed by atoms with Crippen molar-refractivity contribution in [3.8, 4) is 0 Å². The van der Waals surface area contributed by atoms with Crippen molar-refractivity contribution in [2.45, 2.75) is 38.5 Å². The molecule has 0 aliphatic carbocycles. The number of aryl methyl sites for hydroxylation is 1. The Balaban J connectivity index is 2.09. The molecule has 0 saturated heterocycles. The molecule has 1 atom stereocenters. The minimum absolute atomic E-state index is 0.0458. The smallest absolute Gasteiger partial charge is 0.274 e. The molecule has 0 radical (unpaired) electrons. The van der Waals surface area contributed by atoms with E-state index in [1.807, 2.05) is 32.9 Å². The second-order valence-electron chi connectivity index (χ2n) is 4.79. The van der Waals surface area contributed by atoms with Crippen molar-refractivity contribution in [3.05, 3.63) is 39.8 Å². The molecule has 2 aromatic heterocycles. The fourth-order valence-electron chi connectivity index (χ4n) is 1.88. The van der Waals surface area contributed by atoms with Gasteiger partial charge in [-0.15, -0.1) is 11.3 Å². The molecule has 0 amide bonds. The molecule has 0 bridgehead atoms. The summed E-state index contributed by atoms with van der Waals surface area (Å²) >= 11 is 1.58. The second-order valence-corrected chi connectivity index (χ2v) is 7.76. The Morgan fingerprint density at radius 1 is 1.29 bits per heavy atom. The summed E-state index contributed by atoms with van der Waals surface area (Å²) in [5.74, 6) is 0.608. The van der Waals surface area contributed by atoms with E-state index in [1.165, 1.54) is 6.07 Å². The minimum atomic E-state index is -3.64. The molecule has 0 aliphatic heterocycles. The molecule has 0 spiro atoms. The van der Waals surface area contributed by atoms with Gasteiger partial charge in [0.25, 0.3) is 10.0 Å². The summed E-state index contributed by atoms with van der Waals surface area (Å²) in [7, 11) is -3.64. The van der Waals surface area contributed by atoms with Crippen molar-refractivity contribution in [1.82, 2.24) is 10.0 Å². The first-order valence-electron chi connectivity index (χ1n) is 6.80. The van der Waals surface area contributed by atoms with Crippen molar-refractivity contribution >= 4 is 21.4 Å². The zero-order valence-corrected chi connectivity index (χ0v) is 14.0. The van der Waals surface area contributed by atoms with Crippen molar-refractivity contribution in [1.29, 1.82) is 0 Å². The highest BCUT2D eigenvalue weighted by molar-refractivity contribution is 7.89. The average Bonchev–Trinajstić information content (AvgIpc) is 3.05. The maximum Gasteiger partial charge on any atom is 0.274 e. The third kappa shape index (κ3) is 4.16. The highest BCUT2D eigenvalue weighted by atomic mass is 32.2. The Morgan fingerprint density at radius 3 is 2.67 bits per heavy atom. The largest absolute Gasteiger partial charge is 0.447 e. The van der Waals surface area contributed by atoms with Gasteiger partial charge in [0, 0.05) is 9.75 Å². The van der Waals surface area contributed by atoms with Crippen LogP contribution in [-0.2, 0) is 16.6 Å². The highest BCUT2D eigenvalue weighted by Gasteiger charge is 2.22. The number of furan rings is 1. The van der Waals surface area contributed by atoms with Crippen LogP contribution in [0.3, 0.4) is 0 Å². The van der Waals surface area contributed by atoms with Gasteiger partial charge in [-0.05, 0) is 44.7 Å². The Bertz CT molecular complexity index is 689. The number of thiophene rings is 1. The molecule has 0 aromatic carbocycles. The number of rotatable bonds is 7. The van der Waals surface area contributed by atoms with Crippen LogP contribution in [0.15, 0.2) is 33.8 Å². The zero-order chi connectivity index (χ0) is 15.5. The molecule has 2 aromatic rings. The van der Waals surface area contributed by atoms with Gasteiger partial charge in [-0.1, -0.05) is 6.92 Å². The molecule has 0 aliphatic rings. The fourth-order valence-corrected chi connectivity index (χ4v) is 4.01. The van der Waals surface area contributed by atoms with Gasteiger partial charge >= 0.3 is 0 Å². The Kier molecular flexibility index (Phi) is 5.21. The Morgan fingerprint density at radius 2 is 2.05 bits per heavy atom. The fraction of sp³-hybridized carbons (Fsp3) is 0.429. The van der Waals surface area contributed by atoms with E-state index in [2.05, 4.69) is 10.0 Å². The maximum atomic E-state index is 12.3. The third-order valence-corrected chi connectivity index (χ3v) is 5.57. The number of sulfonamides is 1. The van der Waals surface area contributed by atoms with E-state index < -0.39 is 10.0 Å². The van der Waals surface area contributed by atoms with Crippen molar-refractivity contribution in [2.24, 2.45) is 0 Å². The lowest BCUT2D eigenvalue weighted by molar-refractivity contribution is 0.400. The van der Waals surface area contributed by atoms with Gasteiger partial charge < -0.3 is 9.73 Å². The third-order valence-electron chi connectivity index (χ3n) is 2.97. The summed E-state index contributed by atoms with van der Waals surface area (Å²) in [6.07, 6.45) is 0. The first-order chi connectivity index (χ1) is 9.92. The lowest BCUT2D eigenvalue weighted by Crippen LogP contribution is -2.26. The van der Waals surface area contributed by atoms with Gasteiger partial charge in [0.2, 0.25) is 5.09 Å². The van der Waals surface area contributed by atoms with Gasteiger partial charge in [-0.25, -0.2) is 13.1 Å². The molecular formula is C14H20N2O3S2. The summed E-state index contributed by atoms with van der Waals surface area (Å²) in [6.45, 7) is 7.12. The maximum absolute atomic E-state index is 12.3. The normalized spacial score (nSPS) is 13.5. The summed E-state index contributed by atoms with van der Waals surface area (Å²) in [4.78, 5) is 2.14. The van der Waals surface area contributed by atoms with Crippen LogP contribution >= 0.6 is 11.3 Å². The number of hydrogen-bond acceptors (Lipinski definition) is 5. The summed E-state index contributed by atoms with van der Waals surface area (Å²) in [5, 5.41) is 3.05. The van der Waals surface area contributed by atoms with Gasteiger partial charge in [-0.2, -0.15) is 0 Å². The lowest BCUT2D eigenvalue weighted by atomic mass is 10.3. The van der Waals surface area contributed by atoms with Gasteiger partial charge in [0.05, 0.1) is 12.6 Å². The molecule has 2 N–H and O–H groups in total. The van der Waals surface area contributed by atoms with Crippen LogP contribution in [0.25, 0.3) is 0 Å². The van der Waals surface area contributed by atoms with Gasteiger partial charge in [0.1, 0.15) is 5.76 Å². The lowest BCUT2D eigenvalue weighted by Gasteiger charge is -2.11. The molecule has 5 nitrogen and oxygen atoms in total. The molecule has 2 rings (SSSR count).